The summed E-state index contributed by atoms with van der Waals surface area (Å²) in [7, 11) is 0. The van der Waals surface area contributed by atoms with Crippen LogP contribution in [0.1, 0.15) is 5.56 Å². The fourth-order valence-electron chi connectivity index (χ4n) is 2.10. The van der Waals surface area contributed by atoms with Gasteiger partial charge in [-0.05, 0) is 36.4 Å². The van der Waals surface area contributed by atoms with Gasteiger partial charge < -0.3 is 9.47 Å². The van der Waals surface area contributed by atoms with Crippen LogP contribution in [0, 0.1) is 11.6 Å². The van der Waals surface area contributed by atoms with Gasteiger partial charge in [0.25, 0.3) is 0 Å². The maximum Gasteiger partial charge on any atom is 0.434 e. The molecule has 0 bridgehead atoms. The van der Waals surface area contributed by atoms with Gasteiger partial charge >= 0.3 is 6.11 Å². The number of epoxide rings is 1. The molecule has 1 unspecified atom stereocenters. The van der Waals surface area contributed by atoms with Gasteiger partial charge in [0.1, 0.15) is 17.4 Å². The van der Waals surface area contributed by atoms with Crippen LogP contribution >= 0.6 is 11.6 Å². The first kappa shape index (κ1) is 15.1. The summed E-state index contributed by atoms with van der Waals surface area (Å²) in [4.78, 5) is 0. The van der Waals surface area contributed by atoms with Crippen LogP contribution in [0.25, 0.3) is 0 Å². The molecule has 1 saturated heterocycles. The van der Waals surface area contributed by atoms with E-state index in [4.69, 9.17) is 16.3 Å². The summed E-state index contributed by atoms with van der Waals surface area (Å²) in [6.45, 7) is -0.434. The lowest BCUT2D eigenvalue weighted by atomic mass is 9.98. The van der Waals surface area contributed by atoms with Crippen LogP contribution < -0.4 is 4.74 Å². The highest BCUT2D eigenvalue weighted by atomic mass is 35.5. The Bertz CT molecular complexity index is 699. The first-order valence-corrected chi connectivity index (χ1v) is 6.64. The number of halogens is 5. The zero-order chi connectivity index (χ0) is 16.0. The molecule has 1 heterocycles. The molecule has 1 fully saturated rings. The minimum absolute atomic E-state index is 0.146. The third kappa shape index (κ3) is 2.53. The van der Waals surface area contributed by atoms with E-state index in [0.717, 1.165) is 12.1 Å². The van der Waals surface area contributed by atoms with Gasteiger partial charge in [0.05, 0.1) is 6.61 Å². The molecule has 0 aliphatic carbocycles. The third-order valence-electron chi connectivity index (χ3n) is 3.33. The van der Waals surface area contributed by atoms with E-state index in [0.29, 0.717) is 11.1 Å². The molecule has 0 amide bonds. The lowest BCUT2D eigenvalue weighted by Gasteiger charge is -2.25. The molecule has 7 heteroatoms. The van der Waals surface area contributed by atoms with Crippen LogP contribution in [-0.4, -0.2) is 12.7 Å². The Labute approximate surface area is 128 Å². The van der Waals surface area contributed by atoms with Crippen molar-refractivity contribution in [3.8, 4) is 5.75 Å². The van der Waals surface area contributed by atoms with Crippen molar-refractivity contribution in [2.45, 2.75) is 11.7 Å². The van der Waals surface area contributed by atoms with Crippen LogP contribution in [0.5, 0.6) is 5.75 Å². The number of ether oxygens (including phenoxy) is 2. The predicted molar refractivity (Wildman–Crippen MR) is 71.0 cm³/mol. The second-order valence-electron chi connectivity index (χ2n) is 4.81. The molecule has 0 spiro atoms. The van der Waals surface area contributed by atoms with Gasteiger partial charge in [0.2, 0.25) is 5.60 Å². The fourth-order valence-corrected chi connectivity index (χ4v) is 2.23. The lowest BCUT2D eigenvalue weighted by molar-refractivity contribution is -0.227. The SMILES string of the molecule is Fc1ccc(C2(C(F)(F)Oc3ccc(Cl)cc3)CO2)c(F)c1. The maximum absolute atomic E-state index is 14.4. The highest BCUT2D eigenvalue weighted by molar-refractivity contribution is 6.30. The molecule has 0 radical (unpaired) electrons. The maximum atomic E-state index is 14.4. The Morgan fingerprint density at radius 3 is 2.27 bits per heavy atom. The van der Waals surface area contributed by atoms with Crippen molar-refractivity contribution >= 4 is 11.6 Å². The second kappa shape index (κ2) is 5.14. The highest BCUT2D eigenvalue weighted by Crippen LogP contribution is 2.52. The molecular formula is C15H9ClF4O2. The molecule has 3 rings (SSSR count). The van der Waals surface area contributed by atoms with Crippen molar-refractivity contribution in [2.75, 3.05) is 6.61 Å². The van der Waals surface area contributed by atoms with Gasteiger partial charge in [-0.25, -0.2) is 8.78 Å². The Morgan fingerprint density at radius 2 is 1.73 bits per heavy atom. The zero-order valence-corrected chi connectivity index (χ0v) is 11.7. The smallest absolute Gasteiger partial charge is 0.430 e. The molecule has 2 aromatic rings. The summed E-state index contributed by atoms with van der Waals surface area (Å²) < 4.78 is 64.9. The number of hydrogen-bond acceptors (Lipinski definition) is 2. The highest BCUT2D eigenvalue weighted by Gasteiger charge is 2.69. The van der Waals surface area contributed by atoms with Gasteiger partial charge in [0, 0.05) is 16.7 Å². The average molecular weight is 333 g/mol. The van der Waals surface area contributed by atoms with Crippen molar-refractivity contribution in [1.29, 1.82) is 0 Å². The van der Waals surface area contributed by atoms with Crippen molar-refractivity contribution in [3.63, 3.8) is 0 Å². The number of benzene rings is 2. The molecule has 0 saturated carbocycles. The molecule has 0 aromatic heterocycles. The fraction of sp³-hybridized carbons (Fsp3) is 0.200. The van der Waals surface area contributed by atoms with Crippen molar-refractivity contribution < 1.29 is 27.0 Å². The topological polar surface area (TPSA) is 21.8 Å². The minimum Gasteiger partial charge on any atom is -0.430 e. The summed E-state index contributed by atoms with van der Waals surface area (Å²) in [5.41, 5.74) is -2.71. The number of hydrogen-bond donors (Lipinski definition) is 0. The molecule has 1 aliphatic rings. The summed E-state index contributed by atoms with van der Waals surface area (Å²) in [5, 5.41) is 0.359. The largest absolute Gasteiger partial charge is 0.434 e. The molecule has 1 atom stereocenters. The van der Waals surface area contributed by atoms with E-state index in [1.807, 2.05) is 0 Å². The molecule has 22 heavy (non-hydrogen) atoms. The average Bonchev–Trinajstić information content (AvgIpc) is 3.23. The monoisotopic (exact) mass is 332 g/mol. The first-order valence-electron chi connectivity index (χ1n) is 6.26. The van der Waals surface area contributed by atoms with Crippen molar-refractivity contribution in [3.05, 3.63) is 64.7 Å². The second-order valence-corrected chi connectivity index (χ2v) is 5.25. The van der Waals surface area contributed by atoms with Crippen molar-refractivity contribution in [1.82, 2.24) is 0 Å². The van der Waals surface area contributed by atoms with Crippen molar-refractivity contribution in [2.24, 2.45) is 0 Å². The van der Waals surface area contributed by atoms with E-state index in [-0.39, 0.29) is 5.75 Å². The Morgan fingerprint density at radius 1 is 1.09 bits per heavy atom. The number of rotatable bonds is 4. The van der Waals surface area contributed by atoms with E-state index < -0.39 is 35.5 Å². The van der Waals surface area contributed by atoms with E-state index in [1.165, 1.54) is 24.3 Å². The van der Waals surface area contributed by atoms with Gasteiger partial charge in [-0.2, -0.15) is 8.78 Å². The molecule has 116 valence electrons. The predicted octanol–water partition coefficient (Wildman–Crippen LogP) is 4.52. The normalized spacial score (nSPS) is 20.8. The molecular weight excluding hydrogens is 324 g/mol. The summed E-state index contributed by atoms with van der Waals surface area (Å²) in [5.74, 6) is -2.12. The third-order valence-corrected chi connectivity index (χ3v) is 3.58. The van der Waals surface area contributed by atoms with Gasteiger partial charge in [0.15, 0.2) is 0 Å². The minimum atomic E-state index is -3.83. The van der Waals surface area contributed by atoms with Crippen LogP contribution in [0.15, 0.2) is 42.5 Å². The van der Waals surface area contributed by atoms with Crippen LogP contribution in [0.2, 0.25) is 5.02 Å². The van der Waals surface area contributed by atoms with Gasteiger partial charge in [-0.3, -0.25) is 0 Å². The van der Waals surface area contributed by atoms with E-state index in [2.05, 4.69) is 4.74 Å². The van der Waals surface area contributed by atoms with Gasteiger partial charge in [-0.1, -0.05) is 11.6 Å². The summed E-state index contributed by atoms with van der Waals surface area (Å²) in [6, 6.07) is 7.62. The molecule has 0 N–H and O–H groups in total. The van der Waals surface area contributed by atoms with E-state index >= 15 is 0 Å². The Kier molecular flexibility index (Phi) is 3.53. The quantitative estimate of drug-likeness (QED) is 0.606. The standard InChI is InChI=1S/C15H9ClF4O2/c16-9-1-4-11(5-2-9)22-15(19,20)14(8-21-14)12-6-3-10(17)7-13(12)18/h1-7H,8H2. The number of alkyl halides is 2. The summed E-state index contributed by atoms with van der Waals surface area (Å²) >= 11 is 5.66. The molecule has 2 nitrogen and oxygen atoms in total. The first-order chi connectivity index (χ1) is 10.3. The molecule has 2 aromatic carbocycles. The Balaban J connectivity index is 1.91. The lowest BCUT2D eigenvalue weighted by Crippen LogP contribution is -2.41. The van der Waals surface area contributed by atoms with E-state index in [1.54, 1.807) is 0 Å². The van der Waals surface area contributed by atoms with Crippen LogP contribution in [-0.2, 0) is 10.3 Å². The Hall–Kier alpha value is -1.79. The van der Waals surface area contributed by atoms with Crippen LogP contribution in [0.4, 0.5) is 17.6 Å². The van der Waals surface area contributed by atoms with Gasteiger partial charge in [-0.15, -0.1) is 0 Å². The zero-order valence-electron chi connectivity index (χ0n) is 11.0. The van der Waals surface area contributed by atoms with E-state index in [9.17, 15) is 17.6 Å². The van der Waals surface area contributed by atoms with Crippen LogP contribution in [0.3, 0.4) is 0 Å². The molecule has 1 aliphatic heterocycles. The summed E-state index contributed by atoms with van der Waals surface area (Å²) in [6.07, 6.45) is -3.83.